The number of hydrogen-bond acceptors (Lipinski definition) is 5. The van der Waals surface area contributed by atoms with Crippen molar-refractivity contribution in [2.75, 3.05) is 0 Å². The largest absolute Gasteiger partial charge is 0.444 e. The second-order valence-corrected chi connectivity index (χ2v) is 7.01. The Morgan fingerprint density at radius 3 is 2.87 bits per heavy atom. The number of carbonyl (C=O) groups is 1. The molecule has 1 N–H and O–H groups in total. The first kappa shape index (κ1) is 15.7. The molecule has 1 amide bonds. The van der Waals surface area contributed by atoms with E-state index in [1.165, 1.54) is 0 Å². The Labute approximate surface area is 141 Å². The number of fused-ring (bicyclic) bond motifs is 3. The lowest BCUT2D eigenvalue weighted by Gasteiger charge is -2.19. The summed E-state index contributed by atoms with van der Waals surface area (Å²) in [6.45, 7) is 5.58. The number of nitrogens with one attached hydrogen (secondary N) is 1. The Kier molecular flexibility index (Phi) is 3.97. The highest BCUT2D eigenvalue weighted by Crippen LogP contribution is 2.26. The number of alkyl carbamates (subject to hydrolysis) is 1. The molecule has 0 saturated heterocycles. The highest BCUT2D eigenvalue weighted by molar-refractivity contribution is 9.10. The van der Waals surface area contributed by atoms with Gasteiger partial charge in [-0.1, -0.05) is 15.9 Å². The molecule has 0 fully saturated rings. The zero-order valence-corrected chi connectivity index (χ0v) is 14.6. The normalized spacial score (nSPS) is 11.8. The molecule has 0 bridgehead atoms. The Morgan fingerprint density at radius 2 is 2.13 bits per heavy atom. The van der Waals surface area contributed by atoms with E-state index in [4.69, 9.17) is 9.15 Å². The summed E-state index contributed by atoms with van der Waals surface area (Å²) in [7, 11) is 0. The van der Waals surface area contributed by atoms with E-state index in [1.54, 1.807) is 6.20 Å². The summed E-state index contributed by atoms with van der Waals surface area (Å²) >= 11 is 3.42. The van der Waals surface area contributed by atoms with Crippen LogP contribution in [0.5, 0.6) is 0 Å². The van der Waals surface area contributed by atoms with Crippen molar-refractivity contribution >= 4 is 44.0 Å². The van der Waals surface area contributed by atoms with Crippen molar-refractivity contribution in [3.8, 4) is 0 Å². The first-order valence-electron chi connectivity index (χ1n) is 7.12. The van der Waals surface area contributed by atoms with E-state index in [2.05, 4.69) is 31.2 Å². The third-order valence-corrected chi connectivity index (χ3v) is 3.50. The number of aromatic nitrogens is 2. The predicted molar refractivity (Wildman–Crippen MR) is 90.1 cm³/mol. The quantitative estimate of drug-likeness (QED) is 0.725. The standard InChI is InChI=1S/C16H16BrN3O3/c1-16(2,3)23-15(21)19-8-13-20-12-7-18-11-6-9(17)4-5-10(11)14(12)22-13/h4-7H,8H2,1-3H3,(H,19,21). The summed E-state index contributed by atoms with van der Waals surface area (Å²) in [5, 5.41) is 3.50. The van der Waals surface area contributed by atoms with Gasteiger partial charge in [0.05, 0.1) is 18.3 Å². The molecule has 0 radical (unpaired) electrons. The van der Waals surface area contributed by atoms with E-state index in [9.17, 15) is 4.79 Å². The fourth-order valence-corrected chi connectivity index (χ4v) is 2.48. The second-order valence-electron chi connectivity index (χ2n) is 6.10. The number of oxazole rings is 1. The van der Waals surface area contributed by atoms with Crippen LogP contribution in [0.15, 0.2) is 33.3 Å². The number of carbonyl (C=O) groups excluding carboxylic acids is 1. The number of hydrogen-bond donors (Lipinski definition) is 1. The molecule has 6 nitrogen and oxygen atoms in total. The Morgan fingerprint density at radius 1 is 1.35 bits per heavy atom. The van der Waals surface area contributed by atoms with Crippen molar-refractivity contribution in [3.05, 3.63) is 34.8 Å². The van der Waals surface area contributed by atoms with Crippen molar-refractivity contribution in [2.45, 2.75) is 32.9 Å². The van der Waals surface area contributed by atoms with Crippen molar-refractivity contribution in [1.82, 2.24) is 15.3 Å². The van der Waals surface area contributed by atoms with Crippen LogP contribution in [-0.4, -0.2) is 21.7 Å². The first-order chi connectivity index (χ1) is 10.8. The van der Waals surface area contributed by atoms with E-state index in [0.29, 0.717) is 17.0 Å². The molecule has 23 heavy (non-hydrogen) atoms. The molecule has 2 aromatic heterocycles. The summed E-state index contributed by atoms with van der Waals surface area (Å²) in [5.74, 6) is 0.406. The van der Waals surface area contributed by atoms with Gasteiger partial charge in [0.25, 0.3) is 0 Å². The van der Waals surface area contributed by atoms with Crippen LogP contribution in [0.25, 0.3) is 22.0 Å². The van der Waals surface area contributed by atoms with Crippen LogP contribution in [0, 0.1) is 0 Å². The fraction of sp³-hybridized carbons (Fsp3) is 0.312. The maximum absolute atomic E-state index is 11.7. The van der Waals surface area contributed by atoms with E-state index >= 15 is 0 Å². The van der Waals surface area contributed by atoms with Crippen molar-refractivity contribution in [1.29, 1.82) is 0 Å². The lowest BCUT2D eigenvalue weighted by atomic mass is 10.2. The highest BCUT2D eigenvalue weighted by atomic mass is 79.9. The Bertz CT molecular complexity index is 883. The minimum atomic E-state index is -0.543. The lowest BCUT2D eigenvalue weighted by molar-refractivity contribution is 0.0519. The third kappa shape index (κ3) is 3.61. The van der Waals surface area contributed by atoms with Gasteiger partial charge in [0.1, 0.15) is 11.1 Å². The molecule has 0 saturated carbocycles. The van der Waals surface area contributed by atoms with Gasteiger partial charge in [-0.3, -0.25) is 4.98 Å². The lowest BCUT2D eigenvalue weighted by Crippen LogP contribution is -2.32. The smallest absolute Gasteiger partial charge is 0.408 e. The van der Waals surface area contributed by atoms with Crippen LogP contribution < -0.4 is 5.32 Å². The topological polar surface area (TPSA) is 77.2 Å². The molecule has 0 aliphatic carbocycles. The first-order valence-corrected chi connectivity index (χ1v) is 7.92. The summed E-state index contributed by atoms with van der Waals surface area (Å²) in [4.78, 5) is 20.4. The monoisotopic (exact) mass is 377 g/mol. The van der Waals surface area contributed by atoms with E-state index < -0.39 is 11.7 Å². The van der Waals surface area contributed by atoms with Gasteiger partial charge in [-0.15, -0.1) is 0 Å². The SMILES string of the molecule is CC(C)(C)OC(=O)NCc1nc2cnc3cc(Br)ccc3c2o1. The zero-order valence-electron chi connectivity index (χ0n) is 13.0. The fourth-order valence-electron chi connectivity index (χ4n) is 2.13. The van der Waals surface area contributed by atoms with Gasteiger partial charge in [0, 0.05) is 9.86 Å². The number of amides is 1. The zero-order chi connectivity index (χ0) is 16.6. The van der Waals surface area contributed by atoms with Crippen LogP contribution in [0.2, 0.25) is 0 Å². The molecule has 3 aromatic rings. The minimum absolute atomic E-state index is 0.154. The van der Waals surface area contributed by atoms with Gasteiger partial charge in [-0.25, -0.2) is 9.78 Å². The number of halogens is 1. The summed E-state index contributed by atoms with van der Waals surface area (Å²) in [6, 6.07) is 5.76. The van der Waals surface area contributed by atoms with E-state index in [-0.39, 0.29) is 6.54 Å². The number of nitrogens with zero attached hydrogens (tertiary/aromatic N) is 2. The average molecular weight is 378 g/mol. The molecule has 0 atom stereocenters. The Hall–Kier alpha value is -2.15. The van der Waals surface area contributed by atoms with Crippen LogP contribution >= 0.6 is 15.9 Å². The molecule has 7 heteroatoms. The number of ether oxygens (including phenoxy) is 1. The third-order valence-electron chi connectivity index (χ3n) is 3.01. The van der Waals surface area contributed by atoms with Crippen molar-refractivity contribution in [2.24, 2.45) is 0 Å². The Balaban J connectivity index is 1.83. The second kappa shape index (κ2) is 5.81. The van der Waals surface area contributed by atoms with Crippen LogP contribution in [0.1, 0.15) is 26.7 Å². The van der Waals surface area contributed by atoms with Gasteiger partial charge in [-0.2, -0.15) is 0 Å². The molecule has 0 spiro atoms. The van der Waals surface area contributed by atoms with Gasteiger partial charge >= 0.3 is 6.09 Å². The molecule has 0 unspecified atom stereocenters. The number of rotatable bonds is 2. The molecular formula is C16H16BrN3O3. The summed E-state index contributed by atoms with van der Waals surface area (Å²) in [6.07, 6.45) is 1.15. The molecule has 2 heterocycles. The van der Waals surface area contributed by atoms with Crippen LogP contribution in [0.3, 0.4) is 0 Å². The molecular weight excluding hydrogens is 362 g/mol. The average Bonchev–Trinajstić information content (AvgIpc) is 2.86. The molecule has 1 aromatic carbocycles. The summed E-state index contributed by atoms with van der Waals surface area (Å²) in [5.41, 5.74) is 1.58. The number of benzene rings is 1. The van der Waals surface area contributed by atoms with Gasteiger partial charge in [0.2, 0.25) is 5.89 Å². The van der Waals surface area contributed by atoms with Crippen LogP contribution in [0.4, 0.5) is 4.79 Å². The van der Waals surface area contributed by atoms with Crippen molar-refractivity contribution in [3.63, 3.8) is 0 Å². The predicted octanol–water partition coefficient (Wildman–Crippen LogP) is 4.16. The highest BCUT2D eigenvalue weighted by Gasteiger charge is 2.17. The number of pyridine rings is 1. The maximum Gasteiger partial charge on any atom is 0.408 e. The van der Waals surface area contributed by atoms with Crippen LogP contribution in [-0.2, 0) is 11.3 Å². The van der Waals surface area contributed by atoms with E-state index in [1.807, 2.05) is 39.0 Å². The molecule has 0 aliphatic heterocycles. The summed E-state index contributed by atoms with van der Waals surface area (Å²) < 4.78 is 11.9. The molecule has 120 valence electrons. The van der Waals surface area contributed by atoms with Gasteiger partial charge < -0.3 is 14.5 Å². The van der Waals surface area contributed by atoms with Crippen molar-refractivity contribution < 1.29 is 13.9 Å². The molecule has 0 aliphatic rings. The van der Waals surface area contributed by atoms with E-state index in [0.717, 1.165) is 15.4 Å². The minimum Gasteiger partial charge on any atom is -0.444 e. The maximum atomic E-state index is 11.7. The molecule has 3 rings (SSSR count). The van der Waals surface area contributed by atoms with Gasteiger partial charge in [-0.05, 0) is 39.0 Å². The van der Waals surface area contributed by atoms with Gasteiger partial charge in [0.15, 0.2) is 5.58 Å².